The average molecular weight is 400 g/mol. The summed E-state index contributed by atoms with van der Waals surface area (Å²) >= 11 is 5.32. The van der Waals surface area contributed by atoms with Crippen LogP contribution in [0.15, 0.2) is 41.5 Å². The molecule has 1 heterocycles. The standard InChI is InChI=1S/C19H20N4O4S/c1-24-14-7-5-12(6-8-14)11-20-23-18(21-22-19(23)28)13-9-15(25-2)17(27-4)16(10-13)26-3/h5-11H,1-4H3,(H,22,28). The summed E-state index contributed by atoms with van der Waals surface area (Å²) in [5, 5.41) is 11.5. The topological polar surface area (TPSA) is 82.9 Å². The molecule has 0 aliphatic heterocycles. The highest BCUT2D eigenvalue weighted by Crippen LogP contribution is 2.40. The molecule has 3 rings (SSSR count). The summed E-state index contributed by atoms with van der Waals surface area (Å²) in [7, 11) is 6.28. The fraction of sp³-hybridized carbons (Fsp3) is 0.211. The highest BCUT2D eigenvalue weighted by atomic mass is 32.1. The fourth-order valence-corrected chi connectivity index (χ4v) is 2.79. The Morgan fingerprint density at radius 2 is 1.61 bits per heavy atom. The lowest BCUT2D eigenvalue weighted by atomic mass is 10.1. The van der Waals surface area contributed by atoms with Gasteiger partial charge in [-0.1, -0.05) is 0 Å². The molecule has 0 unspecified atom stereocenters. The minimum Gasteiger partial charge on any atom is -0.497 e. The third-order valence-corrected chi connectivity index (χ3v) is 4.28. The zero-order valence-corrected chi connectivity index (χ0v) is 16.7. The van der Waals surface area contributed by atoms with Crippen LogP contribution in [0.4, 0.5) is 0 Å². The molecule has 0 aliphatic rings. The number of methoxy groups -OCH3 is 4. The van der Waals surface area contributed by atoms with Gasteiger partial charge in [-0.25, -0.2) is 5.10 Å². The molecule has 0 spiro atoms. The zero-order valence-electron chi connectivity index (χ0n) is 15.9. The second-order valence-corrected chi connectivity index (χ2v) is 5.98. The number of nitrogens with one attached hydrogen (secondary N) is 1. The summed E-state index contributed by atoms with van der Waals surface area (Å²) in [4.78, 5) is 0. The smallest absolute Gasteiger partial charge is 0.216 e. The lowest BCUT2D eigenvalue weighted by Crippen LogP contribution is -1.99. The monoisotopic (exact) mass is 400 g/mol. The molecular weight excluding hydrogens is 380 g/mol. The van der Waals surface area contributed by atoms with Crippen molar-refractivity contribution in [1.29, 1.82) is 0 Å². The minimum atomic E-state index is 0.355. The van der Waals surface area contributed by atoms with Crippen LogP contribution < -0.4 is 18.9 Å². The summed E-state index contributed by atoms with van der Waals surface area (Å²) in [5.74, 6) is 2.80. The maximum atomic E-state index is 5.41. The number of benzene rings is 2. The first-order valence-electron chi connectivity index (χ1n) is 8.27. The predicted octanol–water partition coefficient (Wildman–Crippen LogP) is 3.52. The van der Waals surface area contributed by atoms with Crippen LogP contribution in [-0.2, 0) is 0 Å². The lowest BCUT2D eigenvalue weighted by molar-refractivity contribution is 0.324. The zero-order chi connectivity index (χ0) is 20.1. The van der Waals surface area contributed by atoms with E-state index >= 15 is 0 Å². The van der Waals surface area contributed by atoms with Crippen molar-refractivity contribution in [3.8, 4) is 34.4 Å². The van der Waals surface area contributed by atoms with Crippen molar-refractivity contribution in [2.75, 3.05) is 28.4 Å². The Morgan fingerprint density at radius 3 is 2.14 bits per heavy atom. The molecule has 0 bridgehead atoms. The third-order valence-electron chi connectivity index (χ3n) is 4.01. The van der Waals surface area contributed by atoms with E-state index in [9.17, 15) is 0 Å². The van der Waals surface area contributed by atoms with Crippen molar-refractivity contribution in [1.82, 2.24) is 14.9 Å². The molecular formula is C19H20N4O4S. The Bertz CT molecular complexity index is 1020. The van der Waals surface area contributed by atoms with E-state index in [-0.39, 0.29) is 0 Å². The van der Waals surface area contributed by atoms with Crippen LogP contribution in [0.3, 0.4) is 0 Å². The van der Waals surface area contributed by atoms with E-state index in [1.54, 1.807) is 46.8 Å². The molecule has 2 aromatic carbocycles. The first-order chi connectivity index (χ1) is 13.6. The summed E-state index contributed by atoms with van der Waals surface area (Å²) in [6, 6.07) is 11.1. The number of hydrogen-bond donors (Lipinski definition) is 1. The number of aromatic amines is 1. The Labute approximate surface area is 167 Å². The number of nitrogens with zero attached hydrogens (tertiary/aromatic N) is 3. The molecule has 28 heavy (non-hydrogen) atoms. The molecule has 0 saturated heterocycles. The molecule has 1 N–H and O–H groups in total. The summed E-state index contributed by atoms with van der Waals surface area (Å²) in [6.07, 6.45) is 1.69. The van der Waals surface area contributed by atoms with E-state index < -0.39 is 0 Å². The van der Waals surface area contributed by atoms with Crippen LogP contribution in [-0.4, -0.2) is 49.5 Å². The summed E-state index contributed by atoms with van der Waals surface area (Å²) < 4.78 is 23.2. The van der Waals surface area contributed by atoms with Crippen molar-refractivity contribution in [3.05, 3.63) is 46.7 Å². The third kappa shape index (κ3) is 3.84. The average Bonchev–Trinajstić information content (AvgIpc) is 3.11. The first-order valence-corrected chi connectivity index (χ1v) is 8.68. The van der Waals surface area contributed by atoms with Gasteiger partial charge in [0.25, 0.3) is 0 Å². The highest BCUT2D eigenvalue weighted by Gasteiger charge is 2.17. The number of ether oxygens (including phenoxy) is 4. The molecule has 146 valence electrons. The van der Waals surface area contributed by atoms with Gasteiger partial charge in [0.1, 0.15) is 5.75 Å². The first kappa shape index (κ1) is 19.4. The molecule has 0 radical (unpaired) electrons. The van der Waals surface area contributed by atoms with Gasteiger partial charge in [-0.15, -0.1) is 0 Å². The molecule has 0 saturated carbocycles. The summed E-state index contributed by atoms with van der Waals surface area (Å²) in [6.45, 7) is 0. The number of rotatable bonds is 7. The van der Waals surface area contributed by atoms with Crippen LogP contribution in [0.25, 0.3) is 11.4 Å². The van der Waals surface area contributed by atoms with Crippen molar-refractivity contribution in [2.24, 2.45) is 5.10 Å². The summed E-state index contributed by atoms with van der Waals surface area (Å²) in [5.41, 5.74) is 1.59. The van der Waals surface area contributed by atoms with E-state index in [2.05, 4.69) is 15.3 Å². The largest absolute Gasteiger partial charge is 0.497 e. The normalized spacial score (nSPS) is 10.9. The van der Waals surface area contributed by atoms with Crippen molar-refractivity contribution in [2.45, 2.75) is 0 Å². The molecule has 0 fully saturated rings. The van der Waals surface area contributed by atoms with E-state index in [1.807, 2.05) is 24.3 Å². The second kappa shape index (κ2) is 8.57. The lowest BCUT2D eigenvalue weighted by Gasteiger charge is -2.13. The molecule has 0 amide bonds. The quantitative estimate of drug-likeness (QED) is 0.483. The Hall–Kier alpha value is -3.33. The van der Waals surface area contributed by atoms with Crippen molar-refractivity contribution in [3.63, 3.8) is 0 Å². The highest BCUT2D eigenvalue weighted by molar-refractivity contribution is 7.71. The van der Waals surface area contributed by atoms with Crippen LogP contribution in [0, 0.1) is 4.77 Å². The minimum absolute atomic E-state index is 0.355. The van der Waals surface area contributed by atoms with E-state index in [0.717, 1.165) is 11.3 Å². The molecule has 3 aromatic rings. The van der Waals surface area contributed by atoms with Gasteiger partial charge >= 0.3 is 0 Å². The Morgan fingerprint density at radius 1 is 0.964 bits per heavy atom. The SMILES string of the molecule is COc1ccc(C=Nn2c(-c3cc(OC)c(OC)c(OC)c3)n[nH]c2=S)cc1. The maximum Gasteiger partial charge on any atom is 0.216 e. The van der Waals surface area contributed by atoms with E-state index in [1.165, 1.54) is 4.68 Å². The number of aromatic nitrogens is 3. The Kier molecular flexibility index (Phi) is 5.95. The fourth-order valence-electron chi connectivity index (χ4n) is 2.61. The van der Waals surface area contributed by atoms with Gasteiger partial charge in [0.15, 0.2) is 17.3 Å². The molecule has 0 atom stereocenters. The maximum absolute atomic E-state index is 5.41. The van der Waals surface area contributed by atoms with Crippen molar-refractivity contribution < 1.29 is 18.9 Å². The second-order valence-electron chi connectivity index (χ2n) is 5.60. The molecule has 8 nitrogen and oxygen atoms in total. The number of H-pyrrole nitrogens is 1. The predicted molar refractivity (Wildman–Crippen MR) is 108 cm³/mol. The van der Waals surface area contributed by atoms with Gasteiger partial charge in [-0.3, -0.25) is 0 Å². The van der Waals surface area contributed by atoms with Crippen LogP contribution >= 0.6 is 12.2 Å². The van der Waals surface area contributed by atoms with Crippen LogP contribution in [0.2, 0.25) is 0 Å². The van der Waals surface area contributed by atoms with Gasteiger partial charge in [0, 0.05) is 5.56 Å². The molecule has 9 heteroatoms. The van der Waals surface area contributed by atoms with Crippen LogP contribution in [0.1, 0.15) is 5.56 Å². The van der Waals surface area contributed by atoms with Gasteiger partial charge in [0.2, 0.25) is 10.5 Å². The van der Waals surface area contributed by atoms with Crippen molar-refractivity contribution >= 4 is 18.4 Å². The molecule has 0 aliphatic carbocycles. The van der Waals surface area contributed by atoms with E-state index in [4.69, 9.17) is 31.2 Å². The molecule has 1 aromatic heterocycles. The van der Waals surface area contributed by atoms with Gasteiger partial charge in [-0.05, 0) is 54.2 Å². The van der Waals surface area contributed by atoms with Gasteiger partial charge in [0.05, 0.1) is 34.7 Å². The van der Waals surface area contributed by atoms with Gasteiger partial charge in [-0.2, -0.15) is 14.9 Å². The Balaban J connectivity index is 2.03. The van der Waals surface area contributed by atoms with Gasteiger partial charge < -0.3 is 18.9 Å². The van der Waals surface area contributed by atoms with E-state index in [0.29, 0.717) is 33.4 Å². The van der Waals surface area contributed by atoms with Crippen LogP contribution in [0.5, 0.6) is 23.0 Å². The number of hydrogen-bond acceptors (Lipinski definition) is 7.